The number of nitrogens with one attached hydrogen (secondary N) is 2. The second-order valence-electron chi connectivity index (χ2n) is 13.0. The zero-order valence-corrected chi connectivity index (χ0v) is 33.1. The summed E-state index contributed by atoms with van der Waals surface area (Å²) in [4.78, 5) is 36.7. The maximum absolute atomic E-state index is 12.4. The zero-order valence-electron chi connectivity index (χ0n) is 32.1. The summed E-state index contributed by atoms with van der Waals surface area (Å²) in [5.74, 6) is -1.71. The monoisotopic (exact) mass is 819 g/mol. The van der Waals surface area contributed by atoms with Gasteiger partial charge in [0.2, 0.25) is 11.8 Å². The molecule has 0 heterocycles. The van der Waals surface area contributed by atoms with Crippen LogP contribution in [0, 0.1) is 10.8 Å². The van der Waals surface area contributed by atoms with E-state index in [1.165, 1.54) is 48.5 Å². The number of hydrogen-bond acceptors (Lipinski definition) is 8. The molecule has 2 aliphatic rings. The molecule has 4 rings (SSSR count). The van der Waals surface area contributed by atoms with Crippen LogP contribution in [0.5, 0.6) is 11.5 Å². The van der Waals surface area contributed by atoms with Crippen molar-refractivity contribution in [1.82, 2.24) is 10.6 Å². The van der Waals surface area contributed by atoms with Crippen LogP contribution in [0.4, 0.5) is 35.1 Å². The molecule has 3 radical (unpaired) electrons. The minimum absolute atomic E-state index is 0. The molecule has 10 nitrogen and oxygen atoms in total. The summed E-state index contributed by atoms with van der Waals surface area (Å²) in [6.07, 6.45) is 3.16. The molecule has 1 unspecified atom stereocenters. The number of ether oxygens (including phenoxy) is 4. The Bertz CT molecular complexity index is 1530. The minimum Gasteiger partial charge on any atom is -1.00 e. The van der Waals surface area contributed by atoms with Gasteiger partial charge in [0.05, 0.1) is 44.2 Å². The predicted molar refractivity (Wildman–Crippen MR) is 183 cm³/mol. The maximum Gasteiger partial charge on any atom is 1.00 e. The average Bonchev–Trinajstić information content (AvgIpc) is 4.04. The molecule has 0 aromatic heterocycles. The van der Waals surface area contributed by atoms with Crippen LogP contribution in [0.2, 0.25) is 0 Å². The molecule has 0 bridgehead atoms. The van der Waals surface area contributed by atoms with Crippen molar-refractivity contribution in [2.45, 2.75) is 110 Å². The van der Waals surface area contributed by atoms with Crippen LogP contribution in [-0.4, -0.2) is 76.9 Å². The molecule has 0 spiro atoms. The molecule has 2 aromatic carbocycles. The maximum atomic E-state index is 12.4. The standard InChI is InChI=1S/C18H23F4NO4.C18H21F4NO4.B.Na.H/c2*1-2-18(6-7-18)14(24)9-15(25)23-13(10-26-16(19)20)11-4-3-5-12(8-11)27-17(21)22;;;/h3-5,8,13-14,16-17,24H,2,6-7,9-10H2,1H3,(H,23,25);3-5,8,13,16-17H,2,6-7,9-10H2,1H3,(H,23,25);;;/q;;;+1;-1/t13-,14?;13-;;;/m00.../s1. The number of amides is 2. The second-order valence-corrected chi connectivity index (χ2v) is 13.0. The van der Waals surface area contributed by atoms with Gasteiger partial charge in [0.15, 0.2) is 0 Å². The van der Waals surface area contributed by atoms with Crippen molar-refractivity contribution in [1.29, 1.82) is 0 Å². The van der Waals surface area contributed by atoms with Gasteiger partial charge in [-0.05, 0) is 79.3 Å². The predicted octanol–water partition coefficient (Wildman–Crippen LogP) is 4.20. The van der Waals surface area contributed by atoms with Gasteiger partial charge in [-0.1, -0.05) is 38.1 Å². The average molecular weight is 820 g/mol. The SMILES string of the molecule is CCC1(C(=O)CC(=O)N[C@@H](COC(F)F)c2cccc(OC(F)F)c2)CC1.CCC1(C(O)CC(=O)N[C@@H](COC(F)F)c2cccc(OC(F)F)c2)CC1.[B].[H-].[Na+]. The van der Waals surface area contributed by atoms with Crippen molar-refractivity contribution in [3.05, 3.63) is 59.7 Å². The van der Waals surface area contributed by atoms with Gasteiger partial charge in [-0.2, -0.15) is 35.1 Å². The first-order valence-electron chi connectivity index (χ1n) is 17.2. The van der Waals surface area contributed by atoms with E-state index in [4.69, 9.17) is 0 Å². The van der Waals surface area contributed by atoms with Crippen molar-refractivity contribution in [3.8, 4) is 11.5 Å². The fourth-order valence-electron chi connectivity index (χ4n) is 5.88. The fourth-order valence-corrected chi connectivity index (χ4v) is 5.88. The first-order valence-corrected chi connectivity index (χ1v) is 17.2. The van der Waals surface area contributed by atoms with Gasteiger partial charge in [0.1, 0.15) is 17.3 Å². The normalized spacial score (nSPS) is 16.3. The number of ketones is 1. The number of aliphatic hydroxyl groups is 1. The number of benzene rings is 2. The summed E-state index contributed by atoms with van der Waals surface area (Å²) in [7, 11) is 0. The molecular formula is C36H45BF8N2NaO8. The van der Waals surface area contributed by atoms with Gasteiger partial charge in [-0.3, -0.25) is 14.4 Å². The van der Waals surface area contributed by atoms with Crippen molar-refractivity contribution < 1.29 is 105 Å². The Morgan fingerprint density at radius 1 is 0.714 bits per heavy atom. The van der Waals surface area contributed by atoms with Crippen LogP contribution in [-0.2, 0) is 23.9 Å². The Kier molecular flexibility index (Phi) is 21.9. The Balaban J connectivity index is 0.00000105. The number of rotatable bonds is 22. The van der Waals surface area contributed by atoms with Crippen molar-refractivity contribution >= 4 is 26.0 Å². The van der Waals surface area contributed by atoms with E-state index in [0.717, 1.165) is 32.1 Å². The van der Waals surface area contributed by atoms with E-state index >= 15 is 0 Å². The molecule has 2 fully saturated rings. The third-order valence-electron chi connectivity index (χ3n) is 9.54. The van der Waals surface area contributed by atoms with Crippen LogP contribution < -0.4 is 49.7 Å². The summed E-state index contributed by atoms with van der Waals surface area (Å²) >= 11 is 0. The number of Topliss-reactive ketones (excluding diaryl/α,β-unsaturated/α-hetero) is 1. The summed E-state index contributed by atoms with van der Waals surface area (Å²) < 4.78 is 116. The molecule has 2 aliphatic carbocycles. The smallest absolute Gasteiger partial charge is 1.00 e. The molecule has 2 saturated carbocycles. The van der Waals surface area contributed by atoms with Crippen LogP contribution in [0.1, 0.15) is 89.9 Å². The number of hydrogen-bond donors (Lipinski definition) is 3. The third kappa shape index (κ3) is 16.9. The number of carbonyl (C=O) groups excluding carboxylic acids is 3. The quantitative estimate of drug-likeness (QED) is 0.0917. The van der Waals surface area contributed by atoms with Crippen LogP contribution in [0.15, 0.2) is 48.5 Å². The van der Waals surface area contributed by atoms with E-state index in [-0.39, 0.29) is 86.1 Å². The molecule has 0 saturated heterocycles. The van der Waals surface area contributed by atoms with Gasteiger partial charge < -0.3 is 36.1 Å². The summed E-state index contributed by atoms with van der Waals surface area (Å²) in [6.45, 7) is -9.55. The summed E-state index contributed by atoms with van der Waals surface area (Å²) in [6, 6.07) is 8.63. The van der Waals surface area contributed by atoms with Crippen LogP contribution in [0.3, 0.4) is 0 Å². The zero-order chi connectivity index (χ0) is 40.1. The molecular weight excluding hydrogens is 774 g/mol. The number of halogens is 8. The van der Waals surface area contributed by atoms with E-state index in [1.807, 2.05) is 13.8 Å². The molecule has 3 atom stereocenters. The first-order chi connectivity index (χ1) is 25.5. The van der Waals surface area contributed by atoms with Crippen LogP contribution in [0.25, 0.3) is 0 Å². The van der Waals surface area contributed by atoms with Crippen molar-refractivity contribution in [3.63, 3.8) is 0 Å². The first kappa shape index (κ1) is 51.1. The minimum atomic E-state index is -3.07. The molecule has 2 amide bonds. The third-order valence-corrected chi connectivity index (χ3v) is 9.54. The van der Waals surface area contributed by atoms with Gasteiger partial charge in [-0.25, -0.2) is 0 Å². The number of carbonyl (C=O) groups is 3. The van der Waals surface area contributed by atoms with Gasteiger partial charge in [0.25, 0.3) is 0 Å². The Labute approximate surface area is 345 Å². The molecule has 0 aliphatic heterocycles. The van der Waals surface area contributed by atoms with E-state index in [9.17, 15) is 54.6 Å². The Morgan fingerprint density at radius 3 is 1.52 bits per heavy atom. The van der Waals surface area contributed by atoms with E-state index in [0.29, 0.717) is 6.42 Å². The number of alkyl halides is 8. The van der Waals surface area contributed by atoms with Gasteiger partial charge >= 0.3 is 56.0 Å². The largest absolute Gasteiger partial charge is 1.00 e. The molecule has 20 heteroatoms. The fraction of sp³-hybridized carbons (Fsp3) is 0.583. The van der Waals surface area contributed by atoms with Gasteiger partial charge in [-0.15, -0.1) is 0 Å². The second kappa shape index (κ2) is 24.1. The Morgan fingerprint density at radius 2 is 1.16 bits per heavy atom. The topological polar surface area (TPSA) is 132 Å². The molecule has 307 valence electrons. The summed E-state index contributed by atoms with van der Waals surface area (Å²) in [5, 5.41) is 15.2. The molecule has 56 heavy (non-hydrogen) atoms. The molecule has 3 N–H and O–H groups in total. The Hall–Kier alpha value is -2.97. The van der Waals surface area contributed by atoms with Crippen LogP contribution >= 0.6 is 0 Å². The molecule has 2 aromatic rings. The van der Waals surface area contributed by atoms with Crippen molar-refractivity contribution in [2.75, 3.05) is 13.2 Å². The van der Waals surface area contributed by atoms with E-state index in [2.05, 4.69) is 29.6 Å². The summed E-state index contributed by atoms with van der Waals surface area (Å²) in [5.41, 5.74) is -0.186. The van der Waals surface area contributed by atoms with E-state index < -0.39 is 75.1 Å². The van der Waals surface area contributed by atoms with Crippen molar-refractivity contribution in [2.24, 2.45) is 10.8 Å². The number of aliphatic hydroxyl groups excluding tert-OH is 1. The van der Waals surface area contributed by atoms with Gasteiger partial charge in [0, 0.05) is 13.8 Å². The van der Waals surface area contributed by atoms with E-state index in [1.54, 1.807) is 0 Å².